The minimum absolute atomic E-state index is 0.507. The first-order chi connectivity index (χ1) is 7.74. The van der Waals surface area contributed by atoms with Crippen LogP contribution in [0.15, 0.2) is 28.7 Å². The molecule has 16 heavy (non-hydrogen) atoms. The molecule has 1 aliphatic heterocycles. The second kappa shape index (κ2) is 5.80. The summed E-state index contributed by atoms with van der Waals surface area (Å²) in [7, 11) is 0. The van der Waals surface area contributed by atoms with Crippen molar-refractivity contribution in [3.05, 3.63) is 34.3 Å². The summed E-state index contributed by atoms with van der Waals surface area (Å²) in [6.45, 7) is 4.01. The SMILES string of the molecule is CC(Cc1ccc(Br)cc1)NC1CCOC1. The van der Waals surface area contributed by atoms with E-state index in [9.17, 15) is 0 Å². The first-order valence-electron chi connectivity index (χ1n) is 5.82. The Labute approximate surface area is 106 Å². The number of hydrogen-bond acceptors (Lipinski definition) is 2. The van der Waals surface area contributed by atoms with Crippen molar-refractivity contribution in [3.63, 3.8) is 0 Å². The summed E-state index contributed by atoms with van der Waals surface area (Å²) in [4.78, 5) is 0. The average Bonchev–Trinajstić information content (AvgIpc) is 2.74. The molecule has 2 atom stereocenters. The minimum atomic E-state index is 0.507. The minimum Gasteiger partial charge on any atom is -0.380 e. The molecule has 0 saturated carbocycles. The molecule has 0 aromatic heterocycles. The zero-order valence-corrected chi connectivity index (χ0v) is 11.2. The van der Waals surface area contributed by atoms with E-state index < -0.39 is 0 Å². The smallest absolute Gasteiger partial charge is 0.0620 e. The van der Waals surface area contributed by atoms with Gasteiger partial charge in [0.1, 0.15) is 0 Å². The van der Waals surface area contributed by atoms with E-state index in [1.54, 1.807) is 0 Å². The predicted molar refractivity (Wildman–Crippen MR) is 69.7 cm³/mol. The first kappa shape index (κ1) is 12.1. The highest BCUT2D eigenvalue weighted by Crippen LogP contribution is 2.12. The monoisotopic (exact) mass is 283 g/mol. The highest BCUT2D eigenvalue weighted by Gasteiger charge is 2.17. The average molecular weight is 284 g/mol. The molecule has 1 aromatic rings. The summed E-state index contributed by atoms with van der Waals surface area (Å²) >= 11 is 3.45. The summed E-state index contributed by atoms with van der Waals surface area (Å²) in [5, 5.41) is 3.61. The van der Waals surface area contributed by atoms with Gasteiger partial charge in [-0.1, -0.05) is 28.1 Å². The molecule has 0 radical (unpaired) electrons. The van der Waals surface area contributed by atoms with E-state index in [1.807, 2.05) is 0 Å². The molecule has 0 amide bonds. The van der Waals surface area contributed by atoms with Gasteiger partial charge in [-0.3, -0.25) is 0 Å². The third-order valence-electron chi connectivity index (χ3n) is 2.91. The molecule has 0 aliphatic carbocycles. The molecular weight excluding hydrogens is 266 g/mol. The molecule has 2 nitrogen and oxygen atoms in total. The van der Waals surface area contributed by atoms with E-state index in [-0.39, 0.29) is 0 Å². The van der Waals surface area contributed by atoms with Gasteiger partial charge in [0.25, 0.3) is 0 Å². The Morgan fingerprint density at radius 2 is 2.19 bits per heavy atom. The van der Waals surface area contributed by atoms with Crippen LogP contribution in [0.4, 0.5) is 0 Å². The number of nitrogens with one attached hydrogen (secondary N) is 1. The van der Waals surface area contributed by atoms with Crippen molar-refractivity contribution in [3.8, 4) is 0 Å². The van der Waals surface area contributed by atoms with Gasteiger partial charge >= 0.3 is 0 Å². The van der Waals surface area contributed by atoms with E-state index in [1.165, 1.54) is 5.56 Å². The molecule has 3 heteroatoms. The molecule has 1 aromatic carbocycles. The quantitative estimate of drug-likeness (QED) is 0.918. The fourth-order valence-electron chi connectivity index (χ4n) is 2.10. The van der Waals surface area contributed by atoms with E-state index in [4.69, 9.17) is 4.74 Å². The second-order valence-electron chi connectivity index (χ2n) is 4.46. The first-order valence-corrected chi connectivity index (χ1v) is 6.61. The lowest BCUT2D eigenvalue weighted by Gasteiger charge is -2.18. The van der Waals surface area contributed by atoms with E-state index in [2.05, 4.69) is 52.4 Å². The maximum absolute atomic E-state index is 5.36. The topological polar surface area (TPSA) is 21.3 Å². The lowest BCUT2D eigenvalue weighted by molar-refractivity contribution is 0.188. The van der Waals surface area contributed by atoms with Crippen molar-refractivity contribution in [1.82, 2.24) is 5.32 Å². The number of benzene rings is 1. The molecule has 0 bridgehead atoms. The summed E-state index contributed by atoms with van der Waals surface area (Å²) < 4.78 is 6.50. The fourth-order valence-corrected chi connectivity index (χ4v) is 2.37. The fraction of sp³-hybridized carbons (Fsp3) is 0.538. The molecule has 1 saturated heterocycles. The number of halogens is 1. The second-order valence-corrected chi connectivity index (χ2v) is 5.37. The molecule has 0 spiro atoms. The van der Waals surface area contributed by atoms with Gasteiger partial charge in [0.05, 0.1) is 6.61 Å². The van der Waals surface area contributed by atoms with Crippen molar-refractivity contribution in [2.75, 3.05) is 13.2 Å². The zero-order valence-electron chi connectivity index (χ0n) is 9.58. The zero-order chi connectivity index (χ0) is 11.4. The Bertz CT molecular complexity index is 319. The molecule has 1 heterocycles. The van der Waals surface area contributed by atoms with Gasteiger partial charge < -0.3 is 10.1 Å². The maximum Gasteiger partial charge on any atom is 0.0620 e. The largest absolute Gasteiger partial charge is 0.380 e. The van der Waals surface area contributed by atoms with Crippen molar-refractivity contribution >= 4 is 15.9 Å². The van der Waals surface area contributed by atoms with E-state index in [0.717, 1.165) is 30.5 Å². The molecule has 1 aliphatic rings. The van der Waals surface area contributed by atoms with E-state index in [0.29, 0.717) is 12.1 Å². The number of ether oxygens (including phenoxy) is 1. The van der Waals surface area contributed by atoms with Crippen LogP contribution < -0.4 is 5.32 Å². The Balaban J connectivity index is 1.81. The van der Waals surface area contributed by atoms with Crippen LogP contribution in [0.25, 0.3) is 0 Å². The highest BCUT2D eigenvalue weighted by molar-refractivity contribution is 9.10. The van der Waals surface area contributed by atoms with Gasteiger partial charge in [0.15, 0.2) is 0 Å². The third kappa shape index (κ3) is 3.58. The predicted octanol–water partition coefficient (Wildman–Crippen LogP) is 2.76. The van der Waals surface area contributed by atoms with Crippen LogP contribution in [0.2, 0.25) is 0 Å². The van der Waals surface area contributed by atoms with Crippen LogP contribution in [0, 0.1) is 0 Å². The van der Waals surface area contributed by atoms with Gasteiger partial charge in [-0.15, -0.1) is 0 Å². The third-order valence-corrected chi connectivity index (χ3v) is 3.43. The Morgan fingerprint density at radius 1 is 1.44 bits per heavy atom. The lowest BCUT2D eigenvalue weighted by Crippen LogP contribution is -2.38. The molecule has 2 unspecified atom stereocenters. The maximum atomic E-state index is 5.36. The lowest BCUT2D eigenvalue weighted by atomic mass is 10.1. The number of rotatable bonds is 4. The Kier molecular flexibility index (Phi) is 4.38. The van der Waals surface area contributed by atoms with Gasteiger partial charge in [0.2, 0.25) is 0 Å². The van der Waals surface area contributed by atoms with Gasteiger partial charge in [-0.25, -0.2) is 0 Å². The summed E-state index contributed by atoms with van der Waals surface area (Å²) in [6.07, 6.45) is 2.22. The molecule has 88 valence electrons. The van der Waals surface area contributed by atoms with Gasteiger partial charge in [-0.2, -0.15) is 0 Å². The normalized spacial score (nSPS) is 22.2. The van der Waals surface area contributed by atoms with Crippen LogP contribution >= 0.6 is 15.9 Å². The summed E-state index contributed by atoms with van der Waals surface area (Å²) in [5.74, 6) is 0. The van der Waals surface area contributed by atoms with E-state index >= 15 is 0 Å². The molecule has 1 N–H and O–H groups in total. The van der Waals surface area contributed by atoms with Crippen LogP contribution in [-0.2, 0) is 11.2 Å². The molecule has 2 rings (SSSR count). The van der Waals surface area contributed by atoms with Crippen LogP contribution in [0.3, 0.4) is 0 Å². The Hall–Kier alpha value is -0.380. The molecular formula is C13H18BrNO. The highest BCUT2D eigenvalue weighted by atomic mass is 79.9. The number of hydrogen-bond donors (Lipinski definition) is 1. The molecule has 1 fully saturated rings. The van der Waals surface area contributed by atoms with Crippen molar-refractivity contribution in [2.45, 2.75) is 31.8 Å². The standard InChI is InChI=1S/C13H18BrNO/c1-10(15-13-6-7-16-9-13)8-11-2-4-12(14)5-3-11/h2-5,10,13,15H,6-9H2,1H3. The van der Waals surface area contributed by atoms with Crippen molar-refractivity contribution < 1.29 is 4.74 Å². The summed E-state index contributed by atoms with van der Waals surface area (Å²) in [6, 6.07) is 9.60. The summed E-state index contributed by atoms with van der Waals surface area (Å²) in [5.41, 5.74) is 1.38. The van der Waals surface area contributed by atoms with Crippen LogP contribution in [0.1, 0.15) is 18.9 Å². The van der Waals surface area contributed by atoms with Crippen LogP contribution in [-0.4, -0.2) is 25.3 Å². The van der Waals surface area contributed by atoms with Crippen molar-refractivity contribution in [2.24, 2.45) is 0 Å². The van der Waals surface area contributed by atoms with Crippen molar-refractivity contribution in [1.29, 1.82) is 0 Å². The van der Waals surface area contributed by atoms with Gasteiger partial charge in [0, 0.05) is 23.2 Å². The van der Waals surface area contributed by atoms with Crippen LogP contribution in [0.5, 0.6) is 0 Å². The Morgan fingerprint density at radius 3 is 2.81 bits per heavy atom. The van der Waals surface area contributed by atoms with Gasteiger partial charge in [-0.05, 0) is 37.5 Å².